The number of anilines is 1. The molecule has 2 aromatic heterocycles. The average Bonchev–Trinajstić information content (AvgIpc) is 2.95. The van der Waals surface area contributed by atoms with Crippen LogP contribution in [0.4, 0.5) is 5.82 Å². The summed E-state index contributed by atoms with van der Waals surface area (Å²) in [7, 11) is 0. The summed E-state index contributed by atoms with van der Waals surface area (Å²) >= 11 is 5.86. The van der Waals surface area contributed by atoms with Gasteiger partial charge in [0.05, 0.1) is 31.3 Å². The van der Waals surface area contributed by atoms with Crippen molar-refractivity contribution < 1.29 is 4.74 Å². The molecule has 0 bridgehead atoms. The van der Waals surface area contributed by atoms with Crippen molar-refractivity contribution >= 4 is 17.4 Å². The van der Waals surface area contributed by atoms with Crippen LogP contribution in [0.3, 0.4) is 0 Å². The fourth-order valence-electron chi connectivity index (χ4n) is 2.43. The van der Waals surface area contributed by atoms with Gasteiger partial charge in [0, 0.05) is 17.3 Å². The third-order valence-electron chi connectivity index (χ3n) is 3.58. The van der Waals surface area contributed by atoms with Crippen molar-refractivity contribution in [3.63, 3.8) is 0 Å². The standard InChI is InChI=1S/C18H20ClN5O/c1-13-9-14(2)24(23-13)18-11-20-10-17(22-18)21-7-8-25-12-15-3-5-16(19)6-4-15/h3-6,9-11H,7-8,12H2,1-2H3,(H,21,22). The van der Waals surface area contributed by atoms with Crippen LogP contribution >= 0.6 is 11.6 Å². The highest BCUT2D eigenvalue weighted by molar-refractivity contribution is 6.30. The Morgan fingerprint density at radius 3 is 2.68 bits per heavy atom. The number of benzene rings is 1. The number of nitrogens with one attached hydrogen (secondary N) is 1. The summed E-state index contributed by atoms with van der Waals surface area (Å²) < 4.78 is 7.43. The summed E-state index contributed by atoms with van der Waals surface area (Å²) in [6, 6.07) is 9.64. The van der Waals surface area contributed by atoms with Gasteiger partial charge in [-0.05, 0) is 37.6 Å². The van der Waals surface area contributed by atoms with Crippen LogP contribution in [-0.2, 0) is 11.3 Å². The quantitative estimate of drug-likeness (QED) is 0.655. The Hall–Kier alpha value is -2.44. The molecule has 0 aliphatic rings. The molecule has 3 rings (SSSR count). The van der Waals surface area contributed by atoms with Crippen molar-refractivity contribution in [3.05, 3.63) is 64.7 Å². The van der Waals surface area contributed by atoms with Gasteiger partial charge in [-0.1, -0.05) is 23.7 Å². The second kappa shape index (κ2) is 8.09. The molecule has 6 nitrogen and oxygen atoms in total. The Labute approximate surface area is 151 Å². The molecule has 1 aromatic carbocycles. The summed E-state index contributed by atoms with van der Waals surface area (Å²) in [5.41, 5.74) is 3.07. The summed E-state index contributed by atoms with van der Waals surface area (Å²) in [6.07, 6.45) is 3.38. The van der Waals surface area contributed by atoms with E-state index in [2.05, 4.69) is 20.4 Å². The van der Waals surface area contributed by atoms with Crippen molar-refractivity contribution in [1.29, 1.82) is 0 Å². The Balaban J connectivity index is 1.49. The van der Waals surface area contributed by atoms with Crippen LogP contribution in [0.5, 0.6) is 0 Å². The van der Waals surface area contributed by atoms with E-state index in [0.717, 1.165) is 22.0 Å². The second-order valence-electron chi connectivity index (χ2n) is 5.71. The summed E-state index contributed by atoms with van der Waals surface area (Å²) in [5, 5.41) is 8.37. The highest BCUT2D eigenvalue weighted by Crippen LogP contribution is 2.12. The Kier molecular flexibility index (Phi) is 5.63. The minimum atomic E-state index is 0.552. The van der Waals surface area contributed by atoms with Crippen LogP contribution in [-0.4, -0.2) is 32.9 Å². The molecule has 0 radical (unpaired) electrons. The number of rotatable bonds is 7. The summed E-state index contributed by atoms with van der Waals surface area (Å²) in [5.74, 6) is 1.39. The maximum atomic E-state index is 5.86. The maximum absolute atomic E-state index is 5.86. The number of aryl methyl sites for hydroxylation is 2. The van der Waals surface area contributed by atoms with E-state index in [4.69, 9.17) is 16.3 Å². The molecule has 1 N–H and O–H groups in total. The average molecular weight is 358 g/mol. The molecule has 0 saturated carbocycles. The fraction of sp³-hybridized carbons (Fsp3) is 0.278. The van der Waals surface area contributed by atoms with Gasteiger partial charge < -0.3 is 10.1 Å². The first kappa shape index (κ1) is 17.4. The van der Waals surface area contributed by atoms with Crippen LogP contribution in [0.25, 0.3) is 5.82 Å². The molecular formula is C18H20ClN5O. The van der Waals surface area contributed by atoms with Gasteiger partial charge in [0.15, 0.2) is 5.82 Å². The molecule has 7 heteroatoms. The molecule has 3 aromatic rings. The minimum Gasteiger partial charge on any atom is -0.375 e. The lowest BCUT2D eigenvalue weighted by atomic mass is 10.2. The van der Waals surface area contributed by atoms with Crippen molar-refractivity contribution in [1.82, 2.24) is 19.7 Å². The van der Waals surface area contributed by atoms with Crippen molar-refractivity contribution in [2.75, 3.05) is 18.5 Å². The van der Waals surface area contributed by atoms with Gasteiger partial charge in [0.2, 0.25) is 0 Å². The van der Waals surface area contributed by atoms with E-state index in [0.29, 0.717) is 31.4 Å². The molecule has 2 heterocycles. The highest BCUT2D eigenvalue weighted by atomic mass is 35.5. The van der Waals surface area contributed by atoms with Gasteiger partial charge in [-0.2, -0.15) is 5.10 Å². The number of nitrogens with zero attached hydrogens (tertiary/aromatic N) is 4. The Morgan fingerprint density at radius 1 is 1.16 bits per heavy atom. The number of hydrogen-bond acceptors (Lipinski definition) is 5. The van der Waals surface area contributed by atoms with E-state index in [-0.39, 0.29) is 0 Å². The number of hydrogen-bond donors (Lipinski definition) is 1. The van der Waals surface area contributed by atoms with Crippen LogP contribution in [0, 0.1) is 13.8 Å². The first-order valence-corrected chi connectivity index (χ1v) is 8.41. The molecule has 0 unspecified atom stereocenters. The van der Waals surface area contributed by atoms with Gasteiger partial charge in [-0.3, -0.25) is 4.98 Å². The predicted molar refractivity (Wildman–Crippen MR) is 98.2 cm³/mol. The second-order valence-corrected chi connectivity index (χ2v) is 6.14. The SMILES string of the molecule is Cc1cc(C)n(-c2cncc(NCCOCc3ccc(Cl)cc3)n2)n1. The molecule has 0 aliphatic heterocycles. The zero-order valence-electron chi connectivity index (χ0n) is 14.2. The van der Waals surface area contributed by atoms with Crippen LogP contribution in [0.1, 0.15) is 17.0 Å². The first-order valence-electron chi connectivity index (χ1n) is 8.03. The number of aromatic nitrogens is 4. The number of ether oxygens (including phenoxy) is 1. The minimum absolute atomic E-state index is 0.552. The Bertz CT molecular complexity index is 832. The lowest BCUT2D eigenvalue weighted by Gasteiger charge is -2.09. The topological polar surface area (TPSA) is 64.9 Å². The molecule has 130 valence electrons. The van der Waals surface area contributed by atoms with Crippen molar-refractivity contribution in [2.24, 2.45) is 0 Å². The monoisotopic (exact) mass is 357 g/mol. The molecule has 25 heavy (non-hydrogen) atoms. The fourth-order valence-corrected chi connectivity index (χ4v) is 2.55. The lowest BCUT2D eigenvalue weighted by molar-refractivity contribution is 0.130. The van der Waals surface area contributed by atoms with Gasteiger partial charge in [0.25, 0.3) is 0 Å². The smallest absolute Gasteiger partial charge is 0.174 e. The van der Waals surface area contributed by atoms with Crippen LogP contribution < -0.4 is 5.32 Å². The molecule has 0 spiro atoms. The molecule has 0 saturated heterocycles. The van der Waals surface area contributed by atoms with E-state index in [9.17, 15) is 0 Å². The molecule has 0 aliphatic carbocycles. The zero-order chi connectivity index (χ0) is 17.6. The molecule has 0 amide bonds. The highest BCUT2D eigenvalue weighted by Gasteiger charge is 2.06. The van der Waals surface area contributed by atoms with Gasteiger partial charge in [-0.25, -0.2) is 9.67 Å². The van der Waals surface area contributed by atoms with E-state index >= 15 is 0 Å². The largest absolute Gasteiger partial charge is 0.375 e. The van der Waals surface area contributed by atoms with Gasteiger partial charge in [0.1, 0.15) is 5.82 Å². The molecular weight excluding hydrogens is 338 g/mol. The van der Waals surface area contributed by atoms with Gasteiger partial charge >= 0.3 is 0 Å². The molecule has 0 fully saturated rings. The van der Waals surface area contributed by atoms with Crippen molar-refractivity contribution in [2.45, 2.75) is 20.5 Å². The third-order valence-corrected chi connectivity index (χ3v) is 3.83. The maximum Gasteiger partial charge on any atom is 0.174 e. The van der Waals surface area contributed by atoms with Crippen molar-refractivity contribution in [3.8, 4) is 5.82 Å². The molecule has 0 atom stereocenters. The van der Waals surface area contributed by atoms with E-state index in [1.165, 1.54) is 0 Å². The summed E-state index contributed by atoms with van der Waals surface area (Å²) in [6.45, 7) is 5.71. The third kappa shape index (κ3) is 4.78. The zero-order valence-corrected chi connectivity index (χ0v) is 15.0. The van der Waals surface area contributed by atoms with Crippen LogP contribution in [0.2, 0.25) is 5.02 Å². The Morgan fingerprint density at radius 2 is 1.96 bits per heavy atom. The number of halogens is 1. The predicted octanol–water partition coefficient (Wildman–Crippen LogP) is 3.56. The first-order chi connectivity index (χ1) is 12.1. The van der Waals surface area contributed by atoms with E-state index in [1.807, 2.05) is 44.2 Å². The lowest BCUT2D eigenvalue weighted by Crippen LogP contribution is -2.12. The summed E-state index contributed by atoms with van der Waals surface area (Å²) in [4.78, 5) is 8.77. The van der Waals surface area contributed by atoms with Crippen LogP contribution in [0.15, 0.2) is 42.7 Å². The van der Waals surface area contributed by atoms with E-state index in [1.54, 1.807) is 17.1 Å². The van der Waals surface area contributed by atoms with E-state index < -0.39 is 0 Å². The van der Waals surface area contributed by atoms with Gasteiger partial charge in [-0.15, -0.1) is 0 Å². The normalized spacial score (nSPS) is 10.8.